The number of ketones is 1. The van der Waals surface area contributed by atoms with Crippen LogP contribution in [0.4, 0.5) is 4.39 Å². The van der Waals surface area contributed by atoms with Crippen molar-refractivity contribution in [2.45, 2.75) is 27.3 Å². The average molecular weight is 335 g/mol. The number of rotatable bonds is 5. The molecule has 0 radical (unpaired) electrons. The van der Waals surface area contributed by atoms with Crippen molar-refractivity contribution in [1.29, 1.82) is 0 Å². The van der Waals surface area contributed by atoms with Crippen LogP contribution in [0, 0.1) is 5.41 Å². The number of aliphatic carboxylic acids is 1. The van der Waals surface area contributed by atoms with Crippen molar-refractivity contribution < 1.29 is 23.8 Å². The van der Waals surface area contributed by atoms with Gasteiger partial charge >= 0.3 is 5.97 Å². The molecule has 7 nitrogen and oxygen atoms in total. The Morgan fingerprint density at radius 3 is 2.29 bits per heavy atom. The maximum atomic E-state index is 11.1. The molecule has 2 rings (SSSR count). The van der Waals surface area contributed by atoms with Gasteiger partial charge in [-0.3, -0.25) is 9.59 Å². The number of nitrogens with zero attached hydrogens (tertiary/aromatic N) is 4. The summed E-state index contributed by atoms with van der Waals surface area (Å²) >= 11 is 0. The summed E-state index contributed by atoms with van der Waals surface area (Å²) in [5, 5.41) is 13.3. The molecule has 2 heterocycles. The molecule has 1 N–H and O–H groups in total. The zero-order valence-electron chi connectivity index (χ0n) is 13.8. The molecular weight excluding hydrogens is 315 g/mol. The van der Waals surface area contributed by atoms with Crippen molar-refractivity contribution in [3.05, 3.63) is 36.9 Å². The van der Waals surface area contributed by atoms with E-state index < -0.39 is 23.8 Å². The van der Waals surface area contributed by atoms with Gasteiger partial charge in [-0.1, -0.05) is 4.68 Å². The number of halogens is 1. The zero-order chi connectivity index (χ0) is 18.2. The van der Waals surface area contributed by atoms with E-state index >= 15 is 0 Å². The standard InChI is InChI=1S/C13H14N4O2.C3H5FO/c1-13(2,12(18)19)9-17-7-4-10(8-16-17)11-14-5-3-6-15-11;1-3(5)2-4/h3-8H,9H2,1-2H3;2H2,1H3/p+1. The first-order valence-electron chi connectivity index (χ1n) is 7.18. The molecule has 24 heavy (non-hydrogen) atoms. The fourth-order valence-electron chi connectivity index (χ4n) is 1.53. The number of alkyl halides is 1. The third-order valence-electron chi connectivity index (χ3n) is 2.92. The Kier molecular flexibility index (Phi) is 7.03. The van der Waals surface area contributed by atoms with Crippen molar-refractivity contribution in [2.24, 2.45) is 5.41 Å². The normalized spacial score (nSPS) is 10.5. The lowest BCUT2D eigenvalue weighted by atomic mass is 9.94. The molecule has 128 valence electrons. The Morgan fingerprint density at radius 2 is 1.88 bits per heavy atom. The summed E-state index contributed by atoms with van der Waals surface area (Å²) in [5.41, 5.74) is -0.0624. The number of carboxylic acids is 1. The Labute approximate surface area is 139 Å². The predicted molar refractivity (Wildman–Crippen MR) is 83.5 cm³/mol. The molecule has 0 aromatic carbocycles. The van der Waals surface area contributed by atoms with E-state index in [1.54, 1.807) is 49.4 Å². The minimum Gasteiger partial charge on any atom is -0.481 e. The number of carboxylic acid groups (broad SMARTS) is 1. The molecule has 0 aliphatic heterocycles. The molecule has 2 aromatic rings. The summed E-state index contributed by atoms with van der Waals surface area (Å²) in [4.78, 5) is 28.7. The summed E-state index contributed by atoms with van der Waals surface area (Å²) in [6.45, 7) is 4.01. The van der Waals surface area contributed by atoms with E-state index in [0.717, 1.165) is 5.56 Å². The van der Waals surface area contributed by atoms with Crippen LogP contribution in [0.3, 0.4) is 0 Å². The van der Waals surface area contributed by atoms with Gasteiger partial charge in [-0.15, -0.1) is 0 Å². The van der Waals surface area contributed by atoms with Gasteiger partial charge in [-0.25, -0.2) is 14.4 Å². The van der Waals surface area contributed by atoms with Crippen LogP contribution >= 0.6 is 0 Å². The molecule has 0 atom stereocenters. The van der Waals surface area contributed by atoms with Gasteiger partial charge in [0.25, 0.3) is 0 Å². The van der Waals surface area contributed by atoms with E-state index in [-0.39, 0.29) is 0 Å². The van der Waals surface area contributed by atoms with Crippen molar-refractivity contribution in [2.75, 3.05) is 6.67 Å². The second-order valence-corrected chi connectivity index (χ2v) is 5.71. The van der Waals surface area contributed by atoms with Crippen LogP contribution < -0.4 is 4.68 Å². The maximum Gasteiger partial charge on any atom is 0.315 e. The molecule has 0 fully saturated rings. The van der Waals surface area contributed by atoms with Gasteiger partial charge < -0.3 is 5.11 Å². The number of carbonyl (C=O) groups is 2. The van der Waals surface area contributed by atoms with Gasteiger partial charge in [0.2, 0.25) is 0 Å². The highest BCUT2D eigenvalue weighted by Gasteiger charge is 2.32. The average Bonchev–Trinajstić information content (AvgIpc) is 2.56. The van der Waals surface area contributed by atoms with E-state index in [1.165, 1.54) is 6.92 Å². The molecule has 2 aromatic heterocycles. The molecule has 0 amide bonds. The van der Waals surface area contributed by atoms with Crippen molar-refractivity contribution >= 4 is 11.8 Å². The monoisotopic (exact) mass is 335 g/mol. The van der Waals surface area contributed by atoms with Crippen molar-refractivity contribution in [1.82, 2.24) is 15.1 Å². The summed E-state index contributed by atoms with van der Waals surface area (Å²) in [6, 6.07) is 3.57. The zero-order valence-corrected chi connectivity index (χ0v) is 13.8. The Bertz CT molecular complexity index is 675. The van der Waals surface area contributed by atoms with Crippen molar-refractivity contribution in [3.8, 4) is 11.4 Å². The fourth-order valence-corrected chi connectivity index (χ4v) is 1.53. The van der Waals surface area contributed by atoms with Gasteiger partial charge in [-0.05, 0) is 31.9 Å². The maximum absolute atomic E-state index is 11.1. The first-order chi connectivity index (χ1) is 11.3. The molecule has 0 saturated carbocycles. The summed E-state index contributed by atoms with van der Waals surface area (Å²) in [5.74, 6) is -0.665. The lowest BCUT2D eigenvalue weighted by molar-refractivity contribution is -0.762. The molecule has 0 unspecified atom stereocenters. The van der Waals surface area contributed by atoms with E-state index in [9.17, 15) is 14.0 Å². The van der Waals surface area contributed by atoms with Gasteiger partial charge in [-0.2, -0.15) is 0 Å². The second-order valence-electron chi connectivity index (χ2n) is 5.71. The first kappa shape index (κ1) is 19.3. The van der Waals surface area contributed by atoms with Gasteiger partial charge in [0, 0.05) is 24.0 Å². The minimum atomic E-state index is -0.859. The summed E-state index contributed by atoms with van der Waals surface area (Å²) in [6.07, 6.45) is 6.69. The first-order valence-corrected chi connectivity index (χ1v) is 7.18. The highest BCUT2D eigenvalue weighted by molar-refractivity contribution is 5.76. The van der Waals surface area contributed by atoms with Gasteiger partial charge in [0.15, 0.2) is 24.3 Å². The summed E-state index contributed by atoms with van der Waals surface area (Å²) in [7, 11) is 0. The fraction of sp³-hybridized carbons (Fsp3) is 0.375. The number of Topliss-reactive ketones (excluding diaryl/α,β-unsaturated/α-hetero) is 1. The molecule has 0 saturated heterocycles. The molecule has 0 aliphatic rings. The topological polar surface area (TPSA) is 96.9 Å². The number of hydrogen-bond acceptors (Lipinski definition) is 5. The van der Waals surface area contributed by atoms with Crippen LogP contribution in [0.15, 0.2) is 36.9 Å². The highest BCUT2D eigenvalue weighted by Crippen LogP contribution is 2.15. The van der Waals surface area contributed by atoms with Gasteiger partial charge in [0.1, 0.15) is 18.3 Å². The molecular formula is C16H20FN4O3+. The predicted octanol–water partition coefficient (Wildman–Crippen LogP) is 1.48. The highest BCUT2D eigenvalue weighted by atomic mass is 19.1. The van der Waals surface area contributed by atoms with Crippen LogP contribution in [0.2, 0.25) is 0 Å². The van der Waals surface area contributed by atoms with Crippen LogP contribution in [-0.4, -0.2) is 38.6 Å². The van der Waals surface area contributed by atoms with Crippen LogP contribution in [0.5, 0.6) is 0 Å². The molecule has 0 bridgehead atoms. The molecule has 0 aliphatic carbocycles. The van der Waals surface area contributed by atoms with Crippen molar-refractivity contribution in [3.63, 3.8) is 0 Å². The number of carbonyl (C=O) groups excluding carboxylic acids is 1. The number of aromatic nitrogens is 4. The summed E-state index contributed by atoms with van der Waals surface area (Å²) < 4.78 is 12.4. The van der Waals surface area contributed by atoms with Gasteiger partial charge in [0.05, 0.1) is 0 Å². The largest absolute Gasteiger partial charge is 0.481 e. The Morgan fingerprint density at radius 1 is 1.29 bits per heavy atom. The van der Waals surface area contributed by atoms with E-state index in [2.05, 4.69) is 15.1 Å². The van der Waals surface area contributed by atoms with E-state index in [4.69, 9.17) is 5.11 Å². The smallest absolute Gasteiger partial charge is 0.315 e. The second kappa shape index (κ2) is 8.76. The minimum absolute atomic E-state index is 0.304. The lowest BCUT2D eigenvalue weighted by Crippen LogP contribution is -2.46. The third kappa shape index (κ3) is 6.15. The quantitative estimate of drug-likeness (QED) is 0.831. The SMILES string of the molecule is CC(=O)CF.CC(C)(C[n+]1ccc(-c2ncccn2)cn1)C(=O)O. The number of hydrogen-bond donors (Lipinski definition) is 1. The third-order valence-corrected chi connectivity index (χ3v) is 2.92. The Balaban J connectivity index is 0.000000505. The lowest BCUT2D eigenvalue weighted by Gasteiger charge is -2.13. The Hall–Kier alpha value is -2.77. The van der Waals surface area contributed by atoms with Crippen LogP contribution in [-0.2, 0) is 16.1 Å². The molecule has 0 spiro atoms. The molecule has 8 heteroatoms. The van der Waals surface area contributed by atoms with Crippen LogP contribution in [0.25, 0.3) is 11.4 Å². The van der Waals surface area contributed by atoms with E-state index in [0.29, 0.717) is 12.4 Å². The van der Waals surface area contributed by atoms with Crippen LogP contribution in [0.1, 0.15) is 20.8 Å². The van der Waals surface area contributed by atoms with E-state index in [1.807, 2.05) is 6.07 Å².